The Balaban J connectivity index is 0.000000509. The Morgan fingerprint density at radius 2 is 1.69 bits per heavy atom. The van der Waals surface area contributed by atoms with Crippen LogP contribution in [0.2, 0.25) is 0 Å². The lowest BCUT2D eigenvalue weighted by Gasteiger charge is -1.97. The second-order valence-corrected chi connectivity index (χ2v) is 2.33. The standard InChI is InChI=1S/C7H6N4O.2C2H6/c8-7-9-5-3-1-2-4-6(5)11(12)10-7;2*1-2/h1-4H,(H2,8,9,10);2*1-2H3. The first kappa shape index (κ1) is 14.1. The minimum absolute atomic E-state index is 0.0105. The Bertz CT molecular complexity index is 431. The normalized spacial score (nSPS) is 8.50. The molecule has 0 atom stereocenters. The van der Waals surface area contributed by atoms with Gasteiger partial charge in [-0.3, -0.25) is 0 Å². The molecule has 0 amide bonds. The SMILES string of the molecule is CC.CC.Nc1nc2ccccc2[n+]([O-])n1. The number of anilines is 1. The highest BCUT2D eigenvalue weighted by molar-refractivity contribution is 5.70. The van der Waals surface area contributed by atoms with E-state index in [2.05, 4.69) is 10.1 Å². The van der Waals surface area contributed by atoms with Gasteiger partial charge < -0.3 is 10.9 Å². The Morgan fingerprint density at radius 3 is 2.31 bits per heavy atom. The highest BCUT2D eigenvalue weighted by Gasteiger charge is 2.05. The van der Waals surface area contributed by atoms with E-state index in [4.69, 9.17) is 5.73 Å². The topological polar surface area (TPSA) is 78.7 Å². The van der Waals surface area contributed by atoms with E-state index in [0.717, 1.165) is 0 Å². The Hall–Kier alpha value is -1.91. The fourth-order valence-corrected chi connectivity index (χ4v) is 1.01. The molecule has 0 radical (unpaired) electrons. The summed E-state index contributed by atoms with van der Waals surface area (Å²) in [5.74, 6) is -0.0105. The Labute approximate surface area is 95.5 Å². The quantitative estimate of drug-likeness (QED) is 0.545. The zero-order valence-electron chi connectivity index (χ0n) is 10.1. The van der Waals surface area contributed by atoms with Crippen molar-refractivity contribution in [2.75, 3.05) is 5.73 Å². The fourth-order valence-electron chi connectivity index (χ4n) is 1.01. The molecule has 1 aromatic carbocycles. The smallest absolute Gasteiger partial charge is 0.288 e. The monoisotopic (exact) mass is 222 g/mol. The van der Waals surface area contributed by atoms with Crippen LogP contribution in [0.15, 0.2) is 24.3 Å². The molecular weight excluding hydrogens is 204 g/mol. The van der Waals surface area contributed by atoms with E-state index in [1.54, 1.807) is 24.3 Å². The molecular formula is C11H18N4O. The number of aromatic nitrogens is 3. The molecule has 88 valence electrons. The van der Waals surface area contributed by atoms with Gasteiger partial charge in [0.1, 0.15) is 5.52 Å². The first-order valence-corrected chi connectivity index (χ1v) is 5.39. The summed E-state index contributed by atoms with van der Waals surface area (Å²) in [6.07, 6.45) is 0. The molecule has 2 N–H and O–H groups in total. The molecule has 5 nitrogen and oxygen atoms in total. The number of hydrogen-bond donors (Lipinski definition) is 1. The van der Waals surface area contributed by atoms with Gasteiger partial charge in [-0.2, -0.15) is 0 Å². The van der Waals surface area contributed by atoms with Crippen LogP contribution in [-0.4, -0.2) is 10.1 Å². The van der Waals surface area contributed by atoms with Crippen LogP contribution in [0.25, 0.3) is 11.0 Å². The van der Waals surface area contributed by atoms with Gasteiger partial charge in [0.15, 0.2) is 0 Å². The van der Waals surface area contributed by atoms with Gasteiger partial charge in [0.2, 0.25) is 0 Å². The Morgan fingerprint density at radius 1 is 1.12 bits per heavy atom. The third kappa shape index (κ3) is 3.34. The number of nitrogens with zero attached hydrogens (tertiary/aromatic N) is 3. The number of fused-ring (bicyclic) bond motifs is 1. The summed E-state index contributed by atoms with van der Waals surface area (Å²) in [5, 5.41) is 14.5. The molecule has 0 bridgehead atoms. The van der Waals surface area contributed by atoms with Crippen molar-refractivity contribution in [1.29, 1.82) is 0 Å². The van der Waals surface area contributed by atoms with E-state index >= 15 is 0 Å². The first-order valence-electron chi connectivity index (χ1n) is 5.39. The van der Waals surface area contributed by atoms with Crippen molar-refractivity contribution < 1.29 is 4.85 Å². The van der Waals surface area contributed by atoms with Crippen LogP contribution in [0.4, 0.5) is 5.95 Å². The molecule has 2 rings (SSSR count). The fraction of sp³-hybridized carbons (Fsp3) is 0.364. The summed E-state index contributed by atoms with van der Waals surface area (Å²) >= 11 is 0. The van der Waals surface area contributed by atoms with E-state index in [1.807, 2.05) is 27.7 Å². The number of nitrogen functional groups attached to an aromatic ring is 1. The number of nitrogens with two attached hydrogens (primary N) is 1. The predicted molar refractivity (Wildman–Crippen MR) is 65.6 cm³/mol. The first-order chi connectivity index (χ1) is 7.77. The summed E-state index contributed by atoms with van der Waals surface area (Å²) < 4.78 is 0. The van der Waals surface area contributed by atoms with Gasteiger partial charge in [0.05, 0.1) is 5.10 Å². The number of rotatable bonds is 0. The molecule has 0 fully saturated rings. The summed E-state index contributed by atoms with van der Waals surface area (Å²) in [7, 11) is 0. The van der Waals surface area contributed by atoms with Gasteiger partial charge in [-0.1, -0.05) is 39.8 Å². The van der Waals surface area contributed by atoms with Crippen molar-refractivity contribution in [3.63, 3.8) is 0 Å². The minimum Gasteiger partial charge on any atom is -0.594 e. The van der Waals surface area contributed by atoms with Gasteiger partial charge in [-0.25, -0.2) is 4.98 Å². The van der Waals surface area contributed by atoms with Crippen LogP contribution >= 0.6 is 0 Å². The maximum atomic E-state index is 11.1. The maximum absolute atomic E-state index is 11.1. The maximum Gasteiger partial charge on any atom is 0.288 e. The highest BCUT2D eigenvalue weighted by atomic mass is 16.5. The summed E-state index contributed by atoms with van der Waals surface area (Å²) in [4.78, 5) is 4.35. The van der Waals surface area contributed by atoms with E-state index < -0.39 is 0 Å². The molecule has 1 aromatic heterocycles. The zero-order chi connectivity index (χ0) is 12.6. The van der Waals surface area contributed by atoms with E-state index in [0.29, 0.717) is 15.9 Å². The Kier molecular flexibility index (Phi) is 6.51. The lowest BCUT2D eigenvalue weighted by molar-refractivity contribution is -0.641. The molecule has 1 heterocycles. The molecule has 0 spiro atoms. The number of para-hydroxylation sites is 2. The number of benzene rings is 1. The molecule has 5 heteroatoms. The van der Waals surface area contributed by atoms with Crippen molar-refractivity contribution >= 4 is 17.0 Å². The van der Waals surface area contributed by atoms with Gasteiger partial charge >= 0.3 is 0 Å². The predicted octanol–water partition coefficient (Wildman–Crippen LogP) is 1.90. The van der Waals surface area contributed by atoms with E-state index in [-0.39, 0.29) is 5.95 Å². The molecule has 16 heavy (non-hydrogen) atoms. The van der Waals surface area contributed by atoms with E-state index in [1.165, 1.54) is 0 Å². The molecule has 0 aliphatic heterocycles. The molecule has 0 saturated carbocycles. The molecule has 0 aliphatic carbocycles. The van der Waals surface area contributed by atoms with Gasteiger partial charge in [-0.05, 0) is 10.9 Å². The molecule has 0 aliphatic rings. The lowest BCUT2D eigenvalue weighted by Crippen LogP contribution is -2.33. The minimum atomic E-state index is -0.0105. The molecule has 0 saturated heterocycles. The average Bonchev–Trinajstić information content (AvgIpc) is 2.34. The van der Waals surface area contributed by atoms with Crippen molar-refractivity contribution in [2.24, 2.45) is 0 Å². The average molecular weight is 222 g/mol. The number of hydrogen-bond acceptors (Lipinski definition) is 4. The second-order valence-electron chi connectivity index (χ2n) is 2.33. The largest absolute Gasteiger partial charge is 0.594 e. The van der Waals surface area contributed by atoms with Crippen LogP contribution in [0.1, 0.15) is 27.7 Å². The van der Waals surface area contributed by atoms with Gasteiger partial charge in [-0.15, -0.1) is 0 Å². The summed E-state index contributed by atoms with van der Waals surface area (Å²) in [6.45, 7) is 8.00. The van der Waals surface area contributed by atoms with Crippen LogP contribution in [0.3, 0.4) is 0 Å². The van der Waals surface area contributed by atoms with Crippen LogP contribution in [0, 0.1) is 5.21 Å². The third-order valence-corrected chi connectivity index (χ3v) is 1.52. The van der Waals surface area contributed by atoms with Crippen LogP contribution in [-0.2, 0) is 0 Å². The van der Waals surface area contributed by atoms with Crippen molar-refractivity contribution in [3.05, 3.63) is 29.5 Å². The summed E-state index contributed by atoms with van der Waals surface area (Å²) in [6, 6.07) is 6.88. The lowest BCUT2D eigenvalue weighted by atomic mass is 10.3. The van der Waals surface area contributed by atoms with Crippen molar-refractivity contribution in [3.8, 4) is 0 Å². The second kappa shape index (κ2) is 7.39. The van der Waals surface area contributed by atoms with Gasteiger partial charge in [0.25, 0.3) is 11.5 Å². The zero-order valence-corrected chi connectivity index (χ0v) is 10.1. The van der Waals surface area contributed by atoms with Crippen LogP contribution in [0.5, 0.6) is 0 Å². The van der Waals surface area contributed by atoms with E-state index in [9.17, 15) is 5.21 Å². The molecule has 2 aromatic rings. The van der Waals surface area contributed by atoms with Crippen molar-refractivity contribution in [1.82, 2.24) is 10.1 Å². The van der Waals surface area contributed by atoms with Crippen molar-refractivity contribution in [2.45, 2.75) is 27.7 Å². The third-order valence-electron chi connectivity index (χ3n) is 1.52. The highest BCUT2D eigenvalue weighted by Crippen LogP contribution is 2.04. The van der Waals surface area contributed by atoms with Crippen LogP contribution < -0.4 is 10.6 Å². The molecule has 0 unspecified atom stereocenters. The summed E-state index contributed by atoms with van der Waals surface area (Å²) in [5.41, 5.74) is 6.26. The van der Waals surface area contributed by atoms with Gasteiger partial charge in [0, 0.05) is 6.07 Å².